The van der Waals surface area contributed by atoms with Crippen LogP contribution in [0.3, 0.4) is 0 Å². The minimum absolute atomic E-state index is 0.0921. The molecule has 3 aromatic rings. The van der Waals surface area contributed by atoms with Crippen LogP contribution in [0.1, 0.15) is 40.2 Å². The molecule has 166 valence electrons. The summed E-state index contributed by atoms with van der Waals surface area (Å²) in [6.45, 7) is 7.66. The summed E-state index contributed by atoms with van der Waals surface area (Å²) in [4.78, 5) is 19.8. The van der Waals surface area contributed by atoms with Gasteiger partial charge in [-0.3, -0.25) is 4.79 Å². The van der Waals surface area contributed by atoms with E-state index >= 15 is 0 Å². The number of nitrogens with zero attached hydrogens (tertiary/aromatic N) is 3. The molecule has 1 N–H and O–H groups in total. The standard InChI is InChI=1S/C25H28N4O3/c1-17-13-21(18(2)29(17)20-6-7-22-23(14-20)32-12-11-31-22)25(30)27-16-19-5-8-24(26-15-19)28-9-3-4-10-28/h5-8,13-15H,3-4,9-12,16H2,1-2H3,(H,27,30). The Kier molecular flexibility index (Phi) is 5.47. The van der Waals surface area contributed by atoms with Gasteiger partial charge in [-0.2, -0.15) is 0 Å². The van der Waals surface area contributed by atoms with Crippen LogP contribution in [0.4, 0.5) is 5.82 Å². The third-order valence-corrected chi connectivity index (χ3v) is 6.15. The molecule has 1 aromatic carbocycles. The Hall–Kier alpha value is -3.48. The van der Waals surface area contributed by atoms with Gasteiger partial charge in [0.25, 0.3) is 5.91 Å². The number of pyridine rings is 1. The molecule has 32 heavy (non-hydrogen) atoms. The number of aryl methyl sites for hydroxylation is 1. The average Bonchev–Trinajstić information content (AvgIpc) is 3.46. The Labute approximate surface area is 188 Å². The molecule has 1 saturated heterocycles. The molecule has 7 nitrogen and oxygen atoms in total. The average molecular weight is 433 g/mol. The summed E-state index contributed by atoms with van der Waals surface area (Å²) in [5.41, 5.74) is 4.48. The van der Waals surface area contributed by atoms with Crippen LogP contribution in [-0.4, -0.2) is 41.8 Å². The lowest BCUT2D eigenvalue weighted by molar-refractivity contribution is 0.0950. The Morgan fingerprint density at radius 2 is 1.81 bits per heavy atom. The number of benzene rings is 1. The highest BCUT2D eigenvalue weighted by Gasteiger charge is 2.19. The fourth-order valence-electron chi connectivity index (χ4n) is 4.49. The van der Waals surface area contributed by atoms with Crippen molar-refractivity contribution in [1.82, 2.24) is 14.9 Å². The first kappa shape index (κ1) is 20.4. The van der Waals surface area contributed by atoms with Gasteiger partial charge in [-0.05, 0) is 56.5 Å². The van der Waals surface area contributed by atoms with Crippen molar-refractivity contribution in [2.24, 2.45) is 0 Å². The number of carbonyl (C=O) groups excluding carboxylic acids is 1. The Morgan fingerprint density at radius 3 is 2.56 bits per heavy atom. The van der Waals surface area contributed by atoms with Crippen LogP contribution in [0, 0.1) is 13.8 Å². The largest absolute Gasteiger partial charge is 0.486 e. The first-order valence-electron chi connectivity index (χ1n) is 11.2. The van der Waals surface area contributed by atoms with Crippen LogP contribution in [0.2, 0.25) is 0 Å². The van der Waals surface area contributed by atoms with E-state index in [-0.39, 0.29) is 5.91 Å². The van der Waals surface area contributed by atoms with Crippen LogP contribution in [0.25, 0.3) is 5.69 Å². The van der Waals surface area contributed by atoms with Crippen molar-refractivity contribution in [3.63, 3.8) is 0 Å². The third-order valence-electron chi connectivity index (χ3n) is 6.15. The highest BCUT2D eigenvalue weighted by Crippen LogP contribution is 2.33. The summed E-state index contributed by atoms with van der Waals surface area (Å²) in [5, 5.41) is 3.04. The van der Waals surface area contributed by atoms with Gasteiger partial charge in [0.2, 0.25) is 0 Å². The van der Waals surface area contributed by atoms with Crippen molar-refractivity contribution < 1.29 is 14.3 Å². The summed E-state index contributed by atoms with van der Waals surface area (Å²) in [6, 6.07) is 11.9. The lowest BCUT2D eigenvalue weighted by Gasteiger charge is -2.20. The zero-order valence-corrected chi connectivity index (χ0v) is 18.6. The first-order chi connectivity index (χ1) is 15.6. The summed E-state index contributed by atoms with van der Waals surface area (Å²) >= 11 is 0. The molecule has 2 aromatic heterocycles. The van der Waals surface area contributed by atoms with Crippen LogP contribution in [-0.2, 0) is 6.54 Å². The number of aromatic nitrogens is 2. The second-order valence-corrected chi connectivity index (χ2v) is 8.35. The number of nitrogens with one attached hydrogen (secondary N) is 1. The monoisotopic (exact) mass is 432 g/mol. The zero-order chi connectivity index (χ0) is 22.1. The predicted octanol–water partition coefficient (Wildman–Crippen LogP) is 3.79. The van der Waals surface area contributed by atoms with Crippen LogP contribution in [0.15, 0.2) is 42.6 Å². The van der Waals surface area contributed by atoms with Crippen LogP contribution in [0.5, 0.6) is 11.5 Å². The van der Waals surface area contributed by atoms with E-state index in [1.807, 2.05) is 56.4 Å². The summed E-state index contributed by atoms with van der Waals surface area (Å²) < 4.78 is 13.4. The highest BCUT2D eigenvalue weighted by molar-refractivity contribution is 5.95. The smallest absolute Gasteiger partial charge is 0.253 e. The maximum atomic E-state index is 12.9. The van der Waals surface area contributed by atoms with Gasteiger partial charge in [-0.25, -0.2) is 4.98 Å². The molecule has 1 amide bonds. The van der Waals surface area contributed by atoms with Gasteiger partial charge in [-0.1, -0.05) is 6.07 Å². The molecule has 0 bridgehead atoms. The van der Waals surface area contributed by atoms with Crippen molar-refractivity contribution in [2.45, 2.75) is 33.2 Å². The molecule has 0 aliphatic carbocycles. The maximum Gasteiger partial charge on any atom is 0.253 e. The molecule has 0 spiro atoms. The van der Waals surface area contributed by atoms with Crippen molar-refractivity contribution >= 4 is 11.7 Å². The molecule has 2 aliphatic rings. The maximum absolute atomic E-state index is 12.9. The number of hydrogen-bond donors (Lipinski definition) is 1. The quantitative estimate of drug-likeness (QED) is 0.664. The highest BCUT2D eigenvalue weighted by atomic mass is 16.6. The van der Waals surface area contributed by atoms with Crippen molar-refractivity contribution in [1.29, 1.82) is 0 Å². The normalized spacial score (nSPS) is 15.1. The van der Waals surface area contributed by atoms with Gasteiger partial charge in [0.1, 0.15) is 19.0 Å². The Bertz CT molecular complexity index is 1130. The topological polar surface area (TPSA) is 68.6 Å². The van der Waals surface area contributed by atoms with Gasteiger partial charge in [0.15, 0.2) is 11.5 Å². The first-order valence-corrected chi connectivity index (χ1v) is 11.2. The molecule has 0 radical (unpaired) electrons. The molecular formula is C25H28N4O3. The second kappa shape index (κ2) is 8.57. The van der Waals surface area contributed by atoms with E-state index in [1.54, 1.807) is 0 Å². The molecule has 0 unspecified atom stereocenters. The van der Waals surface area contributed by atoms with Crippen molar-refractivity contribution in [3.8, 4) is 17.2 Å². The summed E-state index contributed by atoms with van der Waals surface area (Å²) in [5.74, 6) is 2.41. The number of fused-ring (bicyclic) bond motifs is 1. The lowest BCUT2D eigenvalue weighted by Crippen LogP contribution is -2.24. The fourth-order valence-corrected chi connectivity index (χ4v) is 4.49. The predicted molar refractivity (Wildman–Crippen MR) is 123 cm³/mol. The third kappa shape index (κ3) is 3.90. The van der Waals surface area contributed by atoms with Gasteiger partial charge in [-0.15, -0.1) is 0 Å². The molecule has 0 atom stereocenters. The zero-order valence-electron chi connectivity index (χ0n) is 18.6. The number of anilines is 1. The molecular weight excluding hydrogens is 404 g/mol. The Balaban J connectivity index is 1.29. The van der Waals surface area contributed by atoms with E-state index in [4.69, 9.17) is 9.47 Å². The number of ether oxygens (including phenoxy) is 2. The van der Waals surface area contributed by atoms with E-state index in [9.17, 15) is 4.79 Å². The SMILES string of the molecule is Cc1cc(C(=O)NCc2ccc(N3CCCC3)nc2)c(C)n1-c1ccc2c(c1)OCCO2. The van der Waals surface area contributed by atoms with Gasteiger partial charge in [0, 0.05) is 49.0 Å². The van der Waals surface area contributed by atoms with Crippen molar-refractivity contribution in [2.75, 3.05) is 31.2 Å². The number of rotatable bonds is 5. The molecule has 7 heteroatoms. The number of amides is 1. The molecule has 2 aliphatic heterocycles. The van der Waals surface area contributed by atoms with E-state index in [0.29, 0.717) is 25.3 Å². The van der Waals surface area contributed by atoms with Gasteiger partial charge >= 0.3 is 0 Å². The number of carbonyl (C=O) groups is 1. The molecule has 1 fully saturated rings. The fraction of sp³-hybridized carbons (Fsp3) is 0.360. The summed E-state index contributed by atoms with van der Waals surface area (Å²) in [6.07, 6.45) is 4.31. The van der Waals surface area contributed by atoms with Gasteiger partial charge in [0.05, 0.1) is 5.56 Å². The molecule has 0 saturated carbocycles. The van der Waals surface area contributed by atoms with E-state index in [0.717, 1.165) is 53.0 Å². The minimum atomic E-state index is -0.0921. The van der Waals surface area contributed by atoms with Crippen LogP contribution >= 0.6 is 0 Å². The van der Waals surface area contributed by atoms with E-state index in [1.165, 1.54) is 12.8 Å². The van der Waals surface area contributed by atoms with E-state index in [2.05, 4.69) is 19.8 Å². The summed E-state index contributed by atoms with van der Waals surface area (Å²) in [7, 11) is 0. The second-order valence-electron chi connectivity index (χ2n) is 8.35. The lowest BCUT2D eigenvalue weighted by atomic mass is 10.2. The molecule has 4 heterocycles. The van der Waals surface area contributed by atoms with Crippen LogP contribution < -0.4 is 19.7 Å². The molecule has 5 rings (SSSR count). The minimum Gasteiger partial charge on any atom is -0.486 e. The Morgan fingerprint density at radius 1 is 1.03 bits per heavy atom. The van der Waals surface area contributed by atoms with E-state index < -0.39 is 0 Å². The van der Waals surface area contributed by atoms with Crippen molar-refractivity contribution in [3.05, 3.63) is 65.1 Å². The number of hydrogen-bond acceptors (Lipinski definition) is 5. The van der Waals surface area contributed by atoms with Gasteiger partial charge < -0.3 is 24.3 Å².